The van der Waals surface area contributed by atoms with Gasteiger partial charge in [-0.25, -0.2) is 0 Å². The summed E-state index contributed by atoms with van der Waals surface area (Å²) < 4.78 is 9.81. The second-order valence-electron chi connectivity index (χ2n) is 5.07. The van der Waals surface area contributed by atoms with Crippen LogP contribution < -0.4 is 5.32 Å². The third kappa shape index (κ3) is 4.47. The van der Waals surface area contributed by atoms with Crippen LogP contribution in [-0.4, -0.2) is 49.1 Å². The molecule has 0 aromatic rings. The predicted octanol–water partition coefficient (Wildman–Crippen LogP) is -0.0766. The minimum Gasteiger partial charge on any atom is -0.462 e. The molecule has 0 spiro atoms. The van der Waals surface area contributed by atoms with Gasteiger partial charge in [0.05, 0.1) is 12.2 Å². The highest BCUT2D eigenvalue weighted by molar-refractivity contribution is 5.37. The Morgan fingerprint density at radius 1 is 1.50 bits per heavy atom. The van der Waals surface area contributed by atoms with Gasteiger partial charge in [-0.05, 0) is 20.8 Å². The van der Waals surface area contributed by atoms with Gasteiger partial charge in [0, 0.05) is 25.6 Å². The van der Waals surface area contributed by atoms with E-state index < -0.39 is 0 Å². The molecule has 5 nitrogen and oxygen atoms in total. The maximum atomic E-state index is 9.60. The van der Waals surface area contributed by atoms with Crippen molar-refractivity contribution in [3.63, 3.8) is 0 Å². The molecular formula is C11H21NO4. The van der Waals surface area contributed by atoms with Gasteiger partial charge in [-0.15, -0.1) is 0 Å². The molecule has 2 aliphatic heterocycles. The van der Waals surface area contributed by atoms with Crippen molar-refractivity contribution in [3.8, 4) is 0 Å². The molecule has 94 valence electrons. The zero-order chi connectivity index (χ0) is 12.2. The van der Waals surface area contributed by atoms with Crippen LogP contribution in [0.25, 0.3) is 0 Å². The topological polar surface area (TPSA) is 71.1 Å². The van der Waals surface area contributed by atoms with Crippen molar-refractivity contribution >= 4 is 6.47 Å². The van der Waals surface area contributed by atoms with E-state index >= 15 is 0 Å². The summed E-state index contributed by atoms with van der Waals surface area (Å²) in [5.74, 6) is 0.351. The number of carbonyl (C=O) groups is 1. The third-order valence-electron chi connectivity index (χ3n) is 2.47. The SMILES string of the molecule is CC(C)(C)OC=O.OCC1CNCC2OC12. The molecule has 0 saturated carbocycles. The number of piperidine rings is 1. The van der Waals surface area contributed by atoms with Crippen LogP contribution in [0.2, 0.25) is 0 Å². The first-order chi connectivity index (χ1) is 7.48. The number of aliphatic hydroxyl groups is 1. The Labute approximate surface area is 96.1 Å². The second kappa shape index (κ2) is 5.61. The third-order valence-corrected chi connectivity index (χ3v) is 2.47. The van der Waals surface area contributed by atoms with Gasteiger partial charge in [-0.3, -0.25) is 4.79 Å². The Hall–Kier alpha value is -0.650. The summed E-state index contributed by atoms with van der Waals surface area (Å²) in [6.07, 6.45) is 0.784. The first-order valence-corrected chi connectivity index (χ1v) is 5.56. The molecule has 3 unspecified atom stereocenters. The molecule has 0 radical (unpaired) electrons. The van der Waals surface area contributed by atoms with Gasteiger partial charge in [0.15, 0.2) is 0 Å². The molecule has 2 aliphatic rings. The summed E-state index contributed by atoms with van der Waals surface area (Å²) in [5, 5.41) is 12.0. The van der Waals surface area contributed by atoms with Crippen LogP contribution in [0.1, 0.15) is 20.8 Å². The smallest absolute Gasteiger partial charge is 0.293 e. The summed E-state index contributed by atoms with van der Waals surface area (Å²) in [4.78, 5) is 9.60. The standard InChI is InChI=1S/C6H11NO2.C5H10O2/c8-3-4-1-7-2-5-6(4)9-5;1-5(2,3)7-4-6/h4-8H,1-3H2;4H,1-3H3. The molecule has 2 saturated heterocycles. The minimum atomic E-state index is -0.318. The fraction of sp³-hybridized carbons (Fsp3) is 0.909. The molecule has 0 bridgehead atoms. The van der Waals surface area contributed by atoms with Crippen molar-refractivity contribution in [1.29, 1.82) is 0 Å². The number of carbonyl (C=O) groups excluding carboxylic acids is 1. The number of hydrogen-bond acceptors (Lipinski definition) is 5. The average Bonchev–Trinajstić information content (AvgIpc) is 2.94. The van der Waals surface area contributed by atoms with Crippen molar-refractivity contribution < 1.29 is 19.4 Å². The number of nitrogens with one attached hydrogen (secondary N) is 1. The zero-order valence-electron chi connectivity index (χ0n) is 10.1. The monoisotopic (exact) mass is 231 g/mol. The Morgan fingerprint density at radius 2 is 2.19 bits per heavy atom. The number of epoxide rings is 1. The minimum absolute atomic E-state index is 0.258. The largest absolute Gasteiger partial charge is 0.462 e. The fourth-order valence-corrected chi connectivity index (χ4v) is 1.58. The highest BCUT2D eigenvalue weighted by Crippen LogP contribution is 2.31. The lowest BCUT2D eigenvalue weighted by Gasteiger charge is -2.15. The maximum Gasteiger partial charge on any atom is 0.293 e. The number of hydrogen-bond donors (Lipinski definition) is 2. The van der Waals surface area contributed by atoms with Gasteiger partial charge < -0.3 is 19.9 Å². The van der Waals surface area contributed by atoms with Crippen molar-refractivity contribution in [1.82, 2.24) is 5.32 Å². The van der Waals surface area contributed by atoms with Gasteiger partial charge in [0.25, 0.3) is 6.47 Å². The number of fused-ring (bicyclic) bond motifs is 1. The van der Waals surface area contributed by atoms with Crippen molar-refractivity contribution in [2.24, 2.45) is 5.92 Å². The number of rotatable bonds is 2. The average molecular weight is 231 g/mol. The van der Waals surface area contributed by atoms with Gasteiger partial charge in [0.1, 0.15) is 5.60 Å². The van der Waals surface area contributed by atoms with Crippen molar-refractivity contribution in [2.75, 3.05) is 19.7 Å². The molecule has 0 aromatic carbocycles. The lowest BCUT2D eigenvalue weighted by molar-refractivity contribution is -0.138. The normalized spacial score (nSPS) is 31.9. The van der Waals surface area contributed by atoms with E-state index in [0.717, 1.165) is 13.1 Å². The molecule has 2 fully saturated rings. The first-order valence-electron chi connectivity index (χ1n) is 5.56. The number of aliphatic hydroxyl groups excluding tert-OH is 1. The molecule has 5 heteroatoms. The molecular weight excluding hydrogens is 210 g/mol. The van der Waals surface area contributed by atoms with Gasteiger partial charge in [-0.1, -0.05) is 0 Å². The quantitative estimate of drug-likeness (QED) is 0.514. The van der Waals surface area contributed by atoms with Crippen LogP contribution in [-0.2, 0) is 14.3 Å². The van der Waals surface area contributed by atoms with E-state index in [1.165, 1.54) is 0 Å². The van der Waals surface area contributed by atoms with Gasteiger partial charge >= 0.3 is 0 Å². The second-order valence-corrected chi connectivity index (χ2v) is 5.07. The van der Waals surface area contributed by atoms with E-state index in [1.807, 2.05) is 20.8 Å². The Balaban J connectivity index is 0.000000168. The van der Waals surface area contributed by atoms with Crippen LogP contribution in [0.15, 0.2) is 0 Å². The van der Waals surface area contributed by atoms with E-state index in [9.17, 15) is 4.79 Å². The Morgan fingerprint density at radius 3 is 2.56 bits per heavy atom. The van der Waals surface area contributed by atoms with Gasteiger partial charge in [-0.2, -0.15) is 0 Å². The summed E-state index contributed by atoms with van der Waals surface area (Å²) >= 11 is 0. The zero-order valence-corrected chi connectivity index (χ0v) is 10.1. The summed E-state index contributed by atoms with van der Waals surface area (Å²) in [6.45, 7) is 8.07. The summed E-state index contributed by atoms with van der Waals surface area (Å²) in [6, 6.07) is 0. The van der Waals surface area contributed by atoms with Crippen LogP contribution in [0.3, 0.4) is 0 Å². The van der Waals surface area contributed by atoms with Crippen LogP contribution in [0.5, 0.6) is 0 Å². The van der Waals surface area contributed by atoms with E-state index in [-0.39, 0.29) is 12.2 Å². The molecule has 2 N–H and O–H groups in total. The Bertz CT molecular complexity index is 227. The summed E-state index contributed by atoms with van der Waals surface area (Å²) in [7, 11) is 0. The van der Waals surface area contributed by atoms with E-state index in [4.69, 9.17) is 9.84 Å². The molecule has 0 aromatic heterocycles. The lowest BCUT2D eigenvalue weighted by atomic mass is 10.0. The fourth-order valence-electron chi connectivity index (χ4n) is 1.58. The summed E-state index contributed by atoms with van der Waals surface area (Å²) in [5.41, 5.74) is -0.318. The molecule has 0 amide bonds. The van der Waals surface area contributed by atoms with E-state index in [2.05, 4.69) is 10.1 Å². The van der Waals surface area contributed by atoms with E-state index in [0.29, 0.717) is 24.6 Å². The lowest BCUT2D eigenvalue weighted by Crippen LogP contribution is -2.37. The Kier molecular flexibility index (Phi) is 4.70. The van der Waals surface area contributed by atoms with Crippen LogP contribution >= 0.6 is 0 Å². The molecule has 0 aliphatic carbocycles. The first kappa shape index (κ1) is 13.4. The molecule has 2 rings (SSSR count). The predicted molar refractivity (Wildman–Crippen MR) is 59.0 cm³/mol. The van der Waals surface area contributed by atoms with Crippen LogP contribution in [0, 0.1) is 5.92 Å². The molecule has 2 heterocycles. The van der Waals surface area contributed by atoms with Crippen molar-refractivity contribution in [3.05, 3.63) is 0 Å². The van der Waals surface area contributed by atoms with E-state index in [1.54, 1.807) is 0 Å². The highest BCUT2D eigenvalue weighted by Gasteiger charge is 2.46. The molecule has 3 atom stereocenters. The van der Waals surface area contributed by atoms with Crippen molar-refractivity contribution in [2.45, 2.75) is 38.6 Å². The highest BCUT2D eigenvalue weighted by atomic mass is 16.6. The molecule has 16 heavy (non-hydrogen) atoms. The maximum absolute atomic E-state index is 9.60. The number of ether oxygens (including phenoxy) is 2. The van der Waals surface area contributed by atoms with Gasteiger partial charge in [0.2, 0.25) is 0 Å². The van der Waals surface area contributed by atoms with Crippen LogP contribution in [0.4, 0.5) is 0 Å².